The van der Waals surface area contributed by atoms with E-state index in [0.717, 1.165) is 22.3 Å². The van der Waals surface area contributed by atoms with Crippen LogP contribution in [0.2, 0.25) is 0 Å². The topological polar surface area (TPSA) is 89.2 Å². The van der Waals surface area contributed by atoms with E-state index in [2.05, 4.69) is 58.9 Å². The van der Waals surface area contributed by atoms with Gasteiger partial charge in [0.15, 0.2) is 0 Å². The molecule has 0 saturated heterocycles. The molecule has 0 heterocycles. The van der Waals surface area contributed by atoms with Crippen LogP contribution in [0.5, 0.6) is 0 Å². The fraction of sp³-hybridized carbons (Fsp3) is 0.276. The number of aliphatic hydroxyl groups is 1. The molecule has 0 aliphatic rings. The van der Waals surface area contributed by atoms with Crippen molar-refractivity contribution >= 4 is 0 Å². The largest absolute Gasteiger partial charge is 0 e. The number of benzene rings is 3. The van der Waals surface area contributed by atoms with Crippen molar-refractivity contribution in [1.29, 1.82) is 0 Å². The maximum atomic E-state index is 12.3. The maximum Gasteiger partial charge on any atom is 0 e. The van der Waals surface area contributed by atoms with E-state index >= 15 is 0 Å². The molecular formula is C29H30CrO5. The van der Waals surface area contributed by atoms with Crippen LogP contribution in [-0.4, -0.2) is 12.2 Å². The summed E-state index contributed by atoms with van der Waals surface area (Å²) in [6.07, 6.45) is -0.136. The molecular weight excluding hydrogens is 480 g/mol. The first-order valence-electron chi connectivity index (χ1n) is 10.4. The normalized spacial score (nSPS) is 10.9. The van der Waals surface area contributed by atoms with E-state index in [-0.39, 0.29) is 28.9 Å². The Hall–Kier alpha value is -2.67. The van der Waals surface area contributed by atoms with Gasteiger partial charge in [0, 0.05) is 24.5 Å². The molecule has 1 N–H and O–H groups in total. The summed E-state index contributed by atoms with van der Waals surface area (Å²) < 4.78 is 28.2. The van der Waals surface area contributed by atoms with Crippen molar-refractivity contribution in [3.8, 4) is 0 Å². The average Bonchev–Trinajstić information content (AvgIpc) is 2.91. The van der Waals surface area contributed by atoms with Crippen LogP contribution in [0.25, 0.3) is 0 Å². The van der Waals surface area contributed by atoms with Gasteiger partial charge in [-0.3, -0.25) is 0 Å². The maximum absolute atomic E-state index is 12.3. The summed E-state index contributed by atoms with van der Waals surface area (Å²) in [4.78, 5) is 0. The van der Waals surface area contributed by atoms with E-state index in [1.165, 1.54) is 5.56 Å². The molecule has 0 aliphatic carbocycles. The number of hydrogen-bond donors (Lipinski definition) is 1. The van der Waals surface area contributed by atoms with Gasteiger partial charge in [0.1, 0.15) is 5.60 Å². The summed E-state index contributed by atoms with van der Waals surface area (Å²) in [5.41, 5.74) is 3.43. The second-order valence-corrected chi connectivity index (χ2v) is 8.37. The van der Waals surface area contributed by atoms with E-state index in [1.807, 2.05) is 67.6 Å². The summed E-state index contributed by atoms with van der Waals surface area (Å²) in [7, 11) is 1.70. The molecule has 35 heavy (non-hydrogen) atoms. The Morgan fingerprint density at radius 1 is 0.714 bits per heavy atom. The minimum atomic E-state index is -1.27. The Labute approximate surface area is 219 Å². The smallest absolute Gasteiger partial charge is 0 e. The fourth-order valence-corrected chi connectivity index (χ4v) is 3.65. The second kappa shape index (κ2) is 16.9. The predicted octanol–water partition coefficient (Wildman–Crippen LogP) is 5.86. The monoisotopic (exact) mass is 510 g/mol. The zero-order valence-corrected chi connectivity index (χ0v) is 21.8. The zero-order valence-electron chi connectivity index (χ0n) is 20.6. The molecule has 0 aromatic heterocycles. The quantitative estimate of drug-likeness (QED) is 0.265. The molecule has 0 fully saturated rings. The van der Waals surface area contributed by atoms with Crippen molar-refractivity contribution in [1.82, 2.24) is 0 Å². The molecule has 182 valence electrons. The Kier molecular flexibility index (Phi) is 16.6. The molecule has 0 bridgehead atoms. The molecule has 0 spiro atoms. The Balaban J connectivity index is 0. The fourth-order valence-electron chi connectivity index (χ4n) is 3.65. The molecule has 0 saturated carbocycles. The molecule has 3 rings (SSSR count). The Morgan fingerprint density at radius 2 is 1.11 bits per heavy atom. The van der Waals surface area contributed by atoms with E-state index in [4.69, 9.17) is 18.7 Å². The molecule has 3 aromatic rings. The third-order valence-electron chi connectivity index (χ3n) is 5.48. The predicted molar refractivity (Wildman–Crippen MR) is 127 cm³/mol. The number of hydrogen-bond acceptors (Lipinski definition) is 2. The Morgan fingerprint density at radius 3 is 1.46 bits per heavy atom. The van der Waals surface area contributed by atoms with Crippen molar-refractivity contribution < 1.29 is 41.2 Å². The van der Waals surface area contributed by atoms with Gasteiger partial charge in [-0.05, 0) is 40.2 Å². The standard InChI is InChI=1S/C26H30O2.3CO.Cr/c1-19(28-5)23-17-16-22(25(2,3)4)18-24(23)26(27,20-12-8-6-9-13-20)21-14-10-7-11-15-21;3*1-2;/h6-19,27H,1-5H3;;;;/t19-;;;;/m1..../s1. The van der Waals surface area contributed by atoms with E-state index in [1.54, 1.807) is 7.11 Å². The van der Waals surface area contributed by atoms with Crippen molar-refractivity contribution in [2.45, 2.75) is 44.8 Å². The van der Waals surface area contributed by atoms with Crippen LogP contribution in [0.15, 0.2) is 78.9 Å². The zero-order chi connectivity index (χ0) is 26.4. The summed E-state index contributed by atoms with van der Waals surface area (Å²) >= 11 is 0. The van der Waals surface area contributed by atoms with Crippen LogP contribution in [-0.2, 0) is 47.1 Å². The number of methoxy groups -OCH3 is 1. The molecule has 0 aliphatic heterocycles. The van der Waals surface area contributed by atoms with Gasteiger partial charge in [-0.1, -0.05) is 99.6 Å². The van der Waals surface area contributed by atoms with Crippen molar-refractivity contribution in [2.75, 3.05) is 7.11 Å². The van der Waals surface area contributed by atoms with Crippen molar-refractivity contribution in [3.63, 3.8) is 0 Å². The van der Waals surface area contributed by atoms with Gasteiger partial charge in [0.25, 0.3) is 0 Å². The molecule has 1 atom stereocenters. The summed E-state index contributed by atoms with van der Waals surface area (Å²) in [5, 5.41) is 12.3. The third-order valence-corrected chi connectivity index (χ3v) is 5.48. The van der Waals surface area contributed by atoms with Gasteiger partial charge >= 0.3 is 33.9 Å². The summed E-state index contributed by atoms with van der Waals surface area (Å²) in [6.45, 7) is 22.1. The number of ether oxygens (including phenoxy) is 1. The number of rotatable bonds is 5. The molecule has 0 radical (unpaired) electrons. The molecule has 0 amide bonds. The molecule has 3 aromatic carbocycles. The van der Waals surface area contributed by atoms with Crippen LogP contribution in [0.3, 0.4) is 0 Å². The van der Waals surface area contributed by atoms with Crippen molar-refractivity contribution in [2.24, 2.45) is 0 Å². The minimum absolute atomic E-state index is 0. The second-order valence-electron chi connectivity index (χ2n) is 8.37. The average molecular weight is 511 g/mol. The summed E-state index contributed by atoms with van der Waals surface area (Å²) in [6, 6.07) is 26.1. The first kappa shape index (κ1) is 34.5. The molecule has 6 heteroatoms. The van der Waals surface area contributed by atoms with Gasteiger partial charge in [-0.25, -0.2) is 0 Å². The van der Waals surface area contributed by atoms with Gasteiger partial charge in [-0.15, -0.1) is 0 Å². The van der Waals surface area contributed by atoms with Gasteiger partial charge in [0.2, 0.25) is 0 Å². The summed E-state index contributed by atoms with van der Waals surface area (Å²) in [5.74, 6) is 0. The van der Waals surface area contributed by atoms with E-state index in [9.17, 15) is 5.11 Å². The van der Waals surface area contributed by atoms with Crippen LogP contribution in [0.1, 0.15) is 61.6 Å². The Bertz CT molecular complexity index is 997. The first-order valence-corrected chi connectivity index (χ1v) is 10.4. The minimum Gasteiger partial charge on any atom is 0 e. The van der Waals surface area contributed by atoms with Gasteiger partial charge in [0.05, 0.1) is 6.10 Å². The van der Waals surface area contributed by atoms with Gasteiger partial charge in [-0.2, -0.15) is 0 Å². The van der Waals surface area contributed by atoms with Crippen molar-refractivity contribution in [3.05, 3.63) is 127 Å². The molecule has 5 nitrogen and oxygen atoms in total. The first-order chi connectivity index (χ1) is 16.3. The van der Waals surface area contributed by atoms with Crippen LogP contribution in [0.4, 0.5) is 0 Å². The SMILES string of the molecule is CO[C@H](C)c1ccc(C(C)(C)C)cc1C(O)(c1ccccc1)c1ccccc1.[C-]#[O+].[C-]#[O+].[C-]#[O+].[Cr]. The van der Waals surface area contributed by atoms with E-state index in [0.29, 0.717) is 0 Å². The third kappa shape index (κ3) is 8.50. The van der Waals surface area contributed by atoms with Crippen LogP contribution < -0.4 is 0 Å². The van der Waals surface area contributed by atoms with Gasteiger partial charge < -0.3 is 9.84 Å². The van der Waals surface area contributed by atoms with Crippen LogP contribution >= 0.6 is 0 Å². The van der Waals surface area contributed by atoms with E-state index < -0.39 is 5.60 Å². The molecule has 0 unspecified atom stereocenters. The van der Waals surface area contributed by atoms with Crippen LogP contribution in [0, 0.1) is 20.0 Å².